The van der Waals surface area contributed by atoms with Gasteiger partial charge in [-0.05, 0) is 43.0 Å². The van der Waals surface area contributed by atoms with Crippen LogP contribution in [0.25, 0.3) is 0 Å². The summed E-state index contributed by atoms with van der Waals surface area (Å²) in [7, 11) is -3.39. The molecule has 7 heteroatoms. The molecule has 0 aliphatic carbocycles. The van der Waals surface area contributed by atoms with E-state index in [-0.39, 0.29) is 10.5 Å². The molecule has 0 amide bonds. The number of sulfone groups is 1. The minimum Gasteiger partial charge on any atom is -0.370 e. The molecular weight excluding hydrogens is 397 g/mol. The Morgan fingerprint density at radius 2 is 2.00 bits per heavy atom. The lowest BCUT2D eigenvalue weighted by molar-refractivity contribution is -0.0981. The van der Waals surface area contributed by atoms with Crippen molar-refractivity contribution < 1.29 is 17.5 Å². The van der Waals surface area contributed by atoms with Crippen LogP contribution in [0.5, 0.6) is 0 Å². The first-order valence-electron chi connectivity index (χ1n) is 9.77. The van der Waals surface area contributed by atoms with Crippen molar-refractivity contribution in [1.82, 2.24) is 4.90 Å². The molecule has 3 heterocycles. The third-order valence-corrected chi connectivity index (χ3v) is 8.37. The molecule has 0 radical (unpaired) electrons. The zero-order valence-corrected chi connectivity index (χ0v) is 18.0. The Morgan fingerprint density at radius 3 is 2.64 bits per heavy atom. The molecule has 2 aliphatic heterocycles. The summed E-state index contributed by atoms with van der Waals surface area (Å²) in [6, 6.07) is 6.55. The van der Waals surface area contributed by atoms with Gasteiger partial charge < -0.3 is 4.74 Å². The molecule has 2 aliphatic rings. The van der Waals surface area contributed by atoms with E-state index in [2.05, 4.69) is 17.9 Å². The van der Waals surface area contributed by atoms with Crippen molar-refractivity contribution in [2.75, 3.05) is 26.0 Å². The Kier molecular flexibility index (Phi) is 5.37. The highest BCUT2D eigenvalue weighted by Crippen LogP contribution is 2.44. The number of thiophene rings is 1. The highest BCUT2D eigenvalue weighted by molar-refractivity contribution is 7.90. The van der Waals surface area contributed by atoms with Gasteiger partial charge in [-0.1, -0.05) is 13.0 Å². The van der Waals surface area contributed by atoms with E-state index in [0.717, 1.165) is 57.7 Å². The van der Waals surface area contributed by atoms with Crippen molar-refractivity contribution in [2.24, 2.45) is 0 Å². The SMILES string of the molecule is CCc1cc2c(s1)CCOC21CCN(Cc2ccc(S(C)(=O)=O)cc2F)CC1. The fraction of sp³-hybridized carbons (Fsp3) is 0.524. The standard InChI is InChI=1S/C21H26FNO3S2/c1-3-16-12-18-20(27-16)6-11-26-21(18)7-9-23(10-8-21)14-15-4-5-17(13-19(15)22)28(2,24)25/h4-5,12-13H,3,6-11,14H2,1-2H3. The van der Waals surface area contributed by atoms with Gasteiger partial charge in [0.05, 0.1) is 17.1 Å². The zero-order chi connectivity index (χ0) is 19.9. The van der Waals surface area contributed by atoms with E-state index >= 15 is 0 Å². The van der Waals surface area contributed by atoms with Gasteiger partial charge in [0.2, 0.25) is 0 Å². The summed E-state index contributed by atoms with van der Waals surface area (Å²) in [4.78, 5) is 5.15. The van der Waals surface area contributed by atoms with E-state index in [4.69, 9.17) is 4.74 Å². The van der Waals surface area contributed by atoms with Gasteiger partial charge in [0.1, 0.15) is 5.82 Å². The van der Waals surface area contributed by atoms with Crippen LogP contribution in [-0.4, -0.2) is 39.3 Å². The lowest BCUT2D eigenvalue weighted by Crippen LogP contribution is -2.46. The summed E-state index contributed by atoms with van der Waals surface area (Å²) in [6.45, 7) is 5.13. The maximum atomic E-state index is 14.4. The maximum Gasteiger partial charge on any atom is 0.175 e. The highest BCUT2D eigenvalue weighted by atomic mass is 32.2. The second-order valence-corrected chi connectivity index (χ2v) is 11.0. The van der Waals surface area contributed by atoms with Crippen molar-refractivity contribution in [2.45, 2.75) is 49.6 Å². The zero-order valence-electron chi connectivity index (χ0n) is 16.3. The molecule has 0 unspecified atom stereocenters. The third-order valence-electron chi connectivity index (χ3n) is 5.92. The number of nitrogens with zero attached hydrogens (tertiary/aromatic N) is 1. The fourth-order valence-corrected chi connectivity index (χ4v) is 6.07. The molecule has 1 fully saturated rings. The molecule has 0 atom stereocenters. The molecule has 0 bridgehead atoms. The Bertz CT molecular complexity index is 976. The molecule has 4 nitrogen and oxygen atoms in total. The monoisotopic (exact) mass is 423 g/mol. The van der Waals surface area contributed by atoms with Gasteiger partial charge in [0.15, 0.2) is 9.84 Å². The Hall–Kier alpha value is -1.28. The lowest BCUT2D eigenvalue weighted by Gasteiger charge is -2.44. The van der Waals surface area contributed by atoms with Crippen molar-refractivity contribution in [3.05, 3.63) is 51.0 Å². The number of aryl methyl sites for hydroxylation is 1. The van der Waals surface area contributed by atoms with Gasteiger partial charge >= 0.3 is 0 Å². The number of fused-ring (bicyclic) bond motifs is 2. The summed E-state index contributed by atoms with van der Waals surface area (Å²) >= 11 is 1.92. The lowest BCUT2D eigenvalue weighted by atomic mass is 9.82. The van der Waals surface area contributed by atoms with E-state index in [1.807, 2.05) is 11.3 Å². The largest absolute Gasteiger partial charge is 0.370 e. The fourth-order valence-electron chi connectivity index (χ4n) is 4.26. The molecule has 1 aromatic carbocycles. The Morgan fingerprint density at radius 1 is 1.25 bits per heavy atom. The van der Waals surface area contributed by atoms with Crippen LogP contribution in [0.1, 0.15) is 40.6 Å². The van der Waals surface area contributed by atoms with Crippen molar-refractivity contribution in [3.63, 3.8) is 0 Å². The number of rotatable bonds is 4. The first-order chi connectivity index (χ1) is 13.3. The first-order valence-corrected chi connectivity index (χ1v) is 12.5. The van der Waals surface area contributed by atoms with Gasteiger partial charge in [-0.2, -0.15) is 0 Å². The Balaban J connectivity index is 1.46. The molecule has 2 aromatic rings. The van der Waals surface area contributed by atoms with E-state index in [9.17, 15) is 12.8 Å². The average molecular weight is 424 g/mol. The van der Waals surface area contributed by atoms with Crippen LogP contribution in [0.15, 0.2) is 29.2 Å². The number of likely N-dealkylation sites (tertiary alicyclic amines) is 1. The average Bonchev–Trinajstić information content (AvgIpc) is 3.09. The number of hydrogen-bond donors (Lipinski definition) is 0. The minimum absolute atomic E-state index is 0.0265. The van der Waals surface area contributed by atoms with Gasteiger partial charge in [0, 0.05) is 47.6 Å². The molecule has 1 aromatic heterocycles. The summed E-state index contributed by atoms with van der Waals surface area (Å²) in [5.41, 5.74) is 1.73. The molecule has 1 spiro atoms. The number of hydrogen-bond acceptors (Lipinski definition) is 5. The summed E-state index contributed by atoms with van der Waals surface area (Å²) in [6.07, 6.45) is 4.97. The van der Waals surface area contributed by atoms with Crippen LogP contribution in [0, 0.1) is 5.82 Å². The molecule has 1 saturated heterocycles. The number of benzene rings is 1. The third kappa shape index (κ3) is 3.77. The van der Waals surface area contributed by atoms with E-state index in [1.54, 1.807) is 6.07 Å². The van der Waals surface area contributed by atoms with Gasteiger partial charge in [-0.25, -0.2) is 12.8 Å². The van der Waals surface area contributed by atoms with E-state index in [0.29, 0.717) is 12.1 Å². The van der Waals surface area contributed by atoms with E-state index in [1.165, 1.54) is 21.4 Å². The van der Waals surface area contributed by atoms with Crippen molar-refractivity contribution in [1.29, 1.82) is 0 Å². The van der Waals surface area contributed by atoms with Crippen LogP contribution in [-0.2, 0) is 39.6 Å². The van der Waals surface area contributed by atoms with Crippen molar-refractivity contribution in [3.8, 4) is 0 Å². The summed E-state index contributed by atoms with van der Waals surface area (Å²) < 4.78 is 43.9. The predicted molar refractivity (Wildman–Crippen MR) is 109 cm³/mol. The Labute approximate surface area is 170 Å². The van der Waals surface area contributed by atoms with Crippen LogP contribution in [0.2, 0.25) is 0 Å². The molecule has 28 heavy (non-hydrogen) atoms. The highest BCUT2D eigenvalue weighted by Gasteiger charge is 2.41. The van der Waals surface area contributed by atoms with Crippen LogP contribution >= 0.6 is 11.3 Å². The second-order valence-electron chi connectivity index (χ2n) is 7.80. The second kappa shape index (κ2) is 7.52. The first kappa shape index (κ1) is 20.0. The topological polar surface area (TPSA) is 46.6 Å². The van der Waals surface area contributed by atoms with E-state index < -0.39 is 15.7 Å². The smallest absolute Gasteiger partial charge is 0.175 e. The predicted octanol–water partition coefficient (Wildman–Crippen LogP) is 3.92. The quantitative estimate of drug-likeness (QED) is 0.748. The molecule has 4 rings (SSSR count). The number of piperidine rings is 1. The molecule has 0 saturated carbocycles. The van der Waals surface area contributed by atoms with Crippen LogP contribution < -0.4 is 0 Å². The number of ether oxygens (including phenoxy) is 1. The number of halogens is 1. The van der Waals surface area contributed by atoms with Crippen LogP contribution in [0.4, 0.5) is 4.39 Å². The minimum atomic E-state index is -3.39. The molecular formula is C21H26FNO3S2. The normalized spacial score (nSPS) is 19.7. The van der Waals surface area contributed by atoms with Crippen LogP contribution in [0.3, 0.4) is 0 Å². The van der Waals surface area contributed by atoms with Gasteiger partial charge in [-0.3, -0.25) is 4.90 Å². The maximum absolute atomic E-state index is 14.4. The summed E-state index contributed by atoms with van der Waals surface area (Å²) in [5, 5.41) is 0. The molecule has 0 N–H and O–H groups in total. The molecule has 152 valence electrons. The van der Waals surface area contributed by atoms with Gasteiger partial charge in [0.25, 0.3) is 0 Å². The van der Waals surface area contributed by atoms with Crippen molar-refractivity contribution >= 4 is 21.2 Å². The summed E-state index contributed by atoms with van der Waals surface area (Å²) in [5.74, 6) is -0.454. The van der Waals surface area contributed by atoms with Gasteiger partial charge in [-0.15, -0.1) is 11.3 Å².